The quantitative estimate of drug-likeness (QED) is 0.899. The maximum absolute atomic E-state index is 6.19. The van der Waals surface area contributed by atoms with Crippen molar-refractivity contribution in [1.82, 2.24) is 10.3 Å². The van der Waals surface area contributed by atoms with Crippen molar-refractivity contribution in [1.29, 1.82) is 0 Å². The van der Waals surface area contributed by atoms with Crippen molar-refractivity contribution in [3.8, 4) is 5.75 Å². The molecule has 0 radical (unpaired) electrons. The third kappa shape index (κ3) is 3.98. The molecule has 22 heavy (non-hydrogen) atoms. The molecule has 3 nitrogen and oxygen atoms in total. The largest absolute Gasteiger partial charge is 0.490 e. The second-order valence-corrected chi connectivity index (χ2v) is 6.78. The Kier molecular flexibility index (Phi) is 4.94. The predicted octanol–water partition coefficient (Wildman–Crippen LogP) is 4.17. The molecule has 0 bridgehead atoms. The number of ether oxygens (including phenoxy) is 1. The van der Waals surface area contributed by atoms with Gasteiger partial charge in [-0.15, -0.1) is 0 Å². The van der Waals surface area contributed by atoms with Crippen LogP contribution >= 0.6 is 0 Å². The van der Waals surface area contributed by atoms with E-state index in [1.54, 1.807) is 0 Å². The van der Waals surface area contributed by atoms with E-state index in [2.05, 4.69) is 42.3 Å². The van der Waals surface area contributed by atoms with E-state index in [1.807, 2.05) is 18.5 Å². The minimum atomic E-state index is 0.358. The highest BCUT2D eigenvalue weighted by Crippen LogP contribution is 2.26. The van der Waals surface area contributed by atoms with Crippen molar-refractivity contribution in [3.05, 3.63) is 36.7 Å². The van der Waals surface area contributed by atoms with Gasteiger partial charge in [0.15, 0.2) is 0 Å². The second-order valence-electron chi connectivity index (χ2n) is 6.78. The van der Waals surface area contributed by atoms with E-state index in [0.29, 0.717) is 12.1 Å². The average molecular weight is 298 g/mol. The number of fused-ring (bicyclic) bond motifs is 1. The van der Waals surface area contributed by atoms with Crippen molar-refractivity contribution in [2.75, 3.05) is 6.54 Å². The minimum absolute atomic E-state index is 0.358. The Morgan fingerprint density at radius 1 is 1.14 bits per heavy atom. The molecule has 1 aromatic carbocycles. The van der Waals surface area contributed by atoms with Gasteiger partial charge in [0.05, 0.1) is 6.10 Å². The normalized spacial score (nSPS) is 22.1. The van der Waals surface area contributed by atoms with E-state index in [1.165, 1.54) is 18.2 Å². The van der Waals surface area contributed by atoms with E-state index >= 15 is 0 Å². The second kappa shape index (κ2) is 7.10. The lowest BCUT2D eigenvalue weighted by molar-refractivity contribution is 0.139. The molecule has 1 aliphatic carbocycles. The summed E-state index contributed by atoms with van der Waals surface area (Å²) in [5.41, 5.74) is 0. The smallest absolute Gasteiger partial charge is 0.120 e. The molecule has 0 unspecified atom stereocenters. The van der Waals surface area contributed by atoms with Crippen molar-refractivity contribution < 1.29 is 4.74 Å². The first kappa shape index (κ1) is 15.3. The lowest BCUT2D eigenvalue weighted by atomic mass is 9.92. The lowest BCUT2D eigenvalue weighted by Gasteiger charge is -2.30. The highest BCUT2D eigenvalue weighted by Gasteiger charge is 2.22. The first-order valence-electron chi connectivity index (χ1n) is 8.44. The molecular weight excluding hydrogens is 272 g/mol. The fraction of sp³-hybridized carbons (Fsp3) is 0.526. The fourth-order valence-corrected chi connectivity index (χ4v) is 3.11. The summed E-state index contributed by atoms with van der Waals surface area (Å²) in [5, 5.41) is 6.02. The molecule has 1 heterocycles. The third-order valence-corrected chi connectivity index (χ3v) is 4.40. The average Bonchev–Trinajstić information content (AvgIpc) is 2.54. The molecule has 1 fully saturated rings. The Morgan fingerprint density at radius 2 is 1.95 bits per heavy atom. The SMILES string of the molecule is CC(C)CN[C@H]1CC[C@@H](Oc2ccc3cnccc3c2)CC1. The summed E-state index contributed by atoms with van der Waals surface area (Å²) >= 11 is 0. The molecule has 0 saturated heterocycles. The van der Waals surface area contributed by atoms with Gasteiger partial charge in [-0.2, -0.15) is 0 Å². The Hall–Kier alpha value is -1.61. The van der Waals surface area contributed by atoms with Crippen LogP contribution in [0.5, 0.6) is 5.75 Å². The molecular formula is C19H26N2O. The molecule has 0 amide bonds. The monoisotopic (exact) mass is 298 g/mol. The maximum Gasteiger partial charge on any atom is 0.120 e. The summed E-state index contributed by atoms with van der Waals surface area (Å²) in [5.74, 6) is 1.71. The lowest BCUT2D eigenvalue weighted by Crippen LogP contribution is -2.37. The predicted molar refractivity (Wildman–Crippen MR) is 91.3 cm³/mol. The Labute approximate surface area is 133 Å². The molecule has 0 spiro atoms. The standard InChI is InChI=1S/C19H26N2O/c1-14(2)12-21-17-4-7-18(8-5-17)22-19-6-3-16-13-20-10-9-15(16)11-19/h3,6,9-11,13-14,17-18,21H,4-5,7-8,12H2,1-2H3/t17-,18+. The van der Waals surface area contributed by atoms with Crippen molar-refractivity contribution >= 4 is 10.8 Å². The number of aromatic nitrogens is 1. The molecule has 118 valence electrons. The van der Waals surface area contributed by atoms with Gasteiger partial charge in [0.1, 0.15) is 5.75 Å². The molecule has 3 heteroatoms. The van der Waals surface area contributed by atoms with Gasteiger partial charge in [0.2, 0.25) is 0 Å². The van der Waals surface area contributed by atoms with Crippen LogP contribution in [-0.4, -0.2) is 23.7 Å². The van der Waals surface area contributed by atoms with Crippen LogP contribution in [0.25, 0.3) is 10.8 Å². The fourth-order valence-electron chi connectivity index (χ4n) is 3.11. The number of benzene rings is 1. The van der Waals surface area contributed by atoms with E-state index in [4.69, 9.17) is 4.74 Å². The van der Waals surface area contributed by atoms with Gasteiger partial charge in [0.25, 0.3) is 0 Å². The maximum atomic E-state index is 6.19. The number of nitrogens with zero attached hydrogens (tertiary/aromatic N) is 1. The van der Waals surface area contributed by atoms with E-state index in [-0.39, 0.29) is 0 Å². The summed E-state index contributed by atoms with van der Waals surface area (Å²) < 4.78 is 6.19. The van der Waals surface area contributed by atoms with E-state index in [0.717, 1.165) is 36.4 Å². The topological polar surface area (TPSA) is 34.1 Å². The summed E-state index contributed by atoms with van der Waals surface area (Å²) in [4.78, 5) is 4.15. The van der Waals surface area contributed by atoms with E-state index < -0.39 is 0 Å². The third-order valence-electron chi connectivity index (χ3n) is 4.40. The Balaban J connectivity index is 1.53. The number of nitrogens with one attached hydrogen (secondary N) is 1. The summed E-state index contributed by atoms with van der Waals surface area (Å²) in [6.45, 7) is 5.64. The van der Waals surface area contributed by atoms with Crippen LogP contribution in [0.1, 0.15) is 39.5 Å². The zero-order valence-corrected chi connectivity index (χ0v) is 13.6. The van der Waals surface area contributed by atoms with Crippen molar-refractivity contribution in [2.45, 2.75) is 51.7 Å². The molecule has 1 aromatic heterocycles. The van der Waals surface area contributed by atoms with Crippen LogP contribution < -0.4 is 10.1 Å². The molecule has 2 aromatic rings. The molecule has 1 N–H and O–H groups in total. The van der Waals surface area contributed by atoms with Crippen LogP contribution in [0.2, 0.25) is 0 Å². The molecule has 0 aliphatic heterocycles. The van der Waals surface area contributed by atoms with Crippen LogP contribution in [0.3, 0.4) is 0 Å². The number of pyridine rings is 1. The highest BCUT2D eigenvalue weighted by atomic mass is 16.5. The summed E-state index contributed by atoms with van der Waals surface area (Å²) in [6, 6.07) is 8.99. The number of rotatable bonds is 5. The van der Waals surface area contributed by atoms with Crippen LogP contribution in [-0.2, 0) is 0 Å². The molecule has 1 saturated carbocycles. The minimum Gasteiger partial charge on any atom is -0.490 e. The van der Waals surface area contributed by atoms with Gasteiger partial charge in [0, 0.05) is 23.8 Å². The summed E-state index contributed by atoms with van der Waals surface area (Å²) in [6.07, 6.45) is 8.80. The Morgan fingerprint density at radius 3 is 2.73 bits per heavy atom. The van der Waals surface area contributed by atoms with Crippen LogP contribution in [0, 0.1) is 5.92 Å². The van der Waals surface area contributed by atoms with Crippen LogP contribution in [0.15, 0.2) is 36.7 Å². The number of hydrogen-bond donors (Lipinski definition) is 1. The summed E-state index contributed by atoms with van der Waals surface area (Å²) in [7, 11) is 0. The first-order valence-corrected chi connectivity index (χ1v) is 8.44. The first-order chi connectivity index (χ1) is 10.7. The van der Waals surface area contributed by atoms with Gasteiger partial charge in [-0.25, -0.2) is 0 Å². The van der Waals surface area contributed by atoms with Gasteiger partial charge in [-0.3, -0.25) is 4.98 Å². The van der Waals surface area contributed by atoms with Crippen LogP contribution in [0.4, 0.5) is 0 Å². The van der Waals surface area contributed by atoms with E-state index in [9.17, 15) is 0 Å². The molecule has 3 rings (SSSR count). The molecule has 0 atom stereocenters. The van der Waals surface area contributed by atoms with Crippen molar-refractivity contribution in [3.63, 3.8) is 0 Å². The zero-order valence-electron chi connectivity index (χ0n) is 13.6. The highest BCUT2D eigenvalue weighted by molar-refractivity contribution is 5.82. The van der Waals surface area contributed by atoms with Gasteiger partial charge in [-0.05, 0) is 67.8 Å². The van der Waals surface area contributed by atoms with Gasteiger partial charge >= 0.3 is 0 Å². The number of hydrogen-bond acceptors (Lipinski definition) is 3. The van der Waals surface area contributed by atoms with Gasteiger partial charge < -0.3 is 10.1 Å². The van der Waals surface area contributed by atoms with Crippen molar-refractivity contribution in [2.24, 2.45) is 5.92 Å². The molecule has 1 aliphatic rings. The Bertz CT molecular complexity index is 603. The van der Waals surface area contributed by atoms with Gasteiger partial charge in [-0.1, -0.05) is 13.8 Å². The zero-order chi connectivity index (χ0) is 15.4.